The standard InChI is InChI=1S/C10H10ClFN4O/c11-6-2-1-5(3-7(6)12)9(14)10-15-8(4-13)17-16-10/h1-3,9H,4,13-14H2. The average Bonchev–Trinajstić information content (AvgIpc) is 2.80. The van der Waals surface area contributed by atoms with Gasteiger partial charge >= 0.3 is 0 Å². The third kappa shape index (κ3) is 2.44. The number of nitrogens with two attached hydrogens (primary N) is 2. The topological polar surface area (TPSA) is 91.0 Å². The normalized spacial score (nSPS) is 12.7. The number of nitrogens with zero attached hydrogens (tertiary/aromatic N) is 2. The van der Waals surface area contributed by atoms with Crippen molar-refractivity contribution in [2.24, 2.45) is 11.5 Å². The van der Waals surface area contributed by atoms with Gasteiger partial charge in [-0.25, -0.2) is 4.39 Å². The summed E-state index contributed by atoms with van der Waals surface area (Å²) < 4.78 is 18.1. The highest BCUT2D eigenvalue weighted by Gasteiger charge is 2.16. The van der Waals surface area contributed by atoms with E-state index >= 15 is 0 Å². The number of aromatic nitrogens is 2. The minimum atomic E-state index is -0.675. The molecule has 1 aromatic heterocycles. The molecule has 2 aromatic rings. The molecule has 0 saturated heterocycles. The van der Waals surface area contributed by atoms with Gasteiger partial charge in [-0.1, -0.05) is 22.8 Å². The van der Waals surface area contributed by atoms with Crippen LogP contribution >= 0.6 is 11.6 Å². The van der Waals surface area contributed by atoms with E-state index in [9.17, 15) is 4.39 Å². The predicted octanol–water partition coefficient (Wildman–Crippen LogP) is 1.37. The second kappa shape index (κ2) is 4.79. The van der Waals surface area contributed by atoms with E-state index in [0.29, 0.717) is 5.56 Å². The molecule has 0 fully saturated rings. The summed E-state index contributed by atoms with van der Waals surface area (Å²) in [5.41, 5.74) is 11.7. The lowest BCUT2D eigenvalue weighted by atomic mass is 10.1. The molecule has 7 heteroatoms. The minimum absolute atomic E-state index is 0.0386. The van der Waals surface area contributed by atoms with Crippen LogP contribution in [0.1, 0.15) is 23.3 Å². The molecule has 0 saturated carbocycles. The Morgan fingerprint density at radius 3 is 2.82 bits per heavy atom. The number of hydrogen-bond donors (Lipinski definition) is 2. The van der Waals surface area contributed by atoms with Crippen LogP contribution in [-0.2, 0) is 6.54 Å². The molecule has 1 aromatic carbocycles. The van der Waals surface area contributed by atoms with E-state index in [4.69, 9.17) is 27.6 Å². The summed E-state index contributed by atoms with van der Waals surface area (Å²) in [7, 11) is 0. The van der Waals surface area contributed by atoms with Gasteiger partial charge in [0.05, 0.1) is 17.6 Å². The van der Waals surface area contributed by atoms with Crippen LogP contribution < -0.4 is 11.5 Å². The maximum Gasteiger partial charge on any atom is 0.240 e. The molecule has 5 nitrogen and oxygen atoms in total. The van der Waals surface area contributed by atoms with Gasteiger partial charge in [0, 0.05) is 0 Å². The minimum Gasteiger partial charge on any atom is -0.338 e. The zero-order valence-electron chi connectivity index (χ0n) is 8.73. The first-order valence-electron chi connectivity index (χ1n) is 4.85. The molecule has 90 valence electrons. The highest BCUT2D eigenvalue weighted by molar-refractivity contribution is 6.30. The fourth-order valence-corrected chi connectivity index (χ4v) is 1.45. The lowest BCUT2D eigenvalue weighted by molar-refractivity contribution is 0.373. The molecule has 0 radical (unpaired) electrons. The average molecular weight is 257 g/mol. The Balaban J connectivity index is 2.29. The van der Waals surface area contributed by atoms with Crippen LogP contribution in [-0.4, -0.2) is 10.1 Å². The maximum absolute atomic E-state index is 13.3. The van der Waals surface area contributed by atoms with Crippen molar-refractivity contribution in [1.29, 1.82) is 0 Å². The van der Waals surface area contributed by atoms with E-state index < -0.39 is 11.9 Å². The van der Waals surface area contributed by atoms with Crippen LogP contribution in [0.2, 0.25) is 5.02 Å². The molecule has 0 aliphatic heterocycles. The van der Waals surface area contributed by atoms with E-state index in [1.54, 1.807) is 6.07 Å². The Bertz CT molecular complexity index is 531. The first kappa shape index (κ1) is 12.0. The van der Waals surface area contributed by atoms with Crippen molar-refractivity contribution in [2.75, 3.05) is 0 Å². The Labute approximate surface area is 102 Å². The highest BCUT2D eigenvalue weighted by Crippen LogP contribution is 2.22. The van der Waals surface area contributed by atoms with Crippen LogP contribution in [0, 0.1) is 5.82 Å². The Morgan fingerprint density at radius 2 is 2.24 bits per heavy atom. The molecule has 4 N–H and O–H groups in total. The zero-order chi connectivity index (χ0) is 12.4. The van der Waals surface area contributed by atoms with Crippen LogP contribution in [0.5, 0.6) is 0 Å². The zero-order valence-corrected chi connectivity index (χ0v) is 9.49. The van der Waals surface area contributed by atoms with Gasteiger partial charge in [-0.05, 0) is 17.7 Å². The molecule has 1 heterocycles. The van der Waals surface area contributed by atoms with Crippen LogP contribution in [0.3, 0.4) is 0 Å². The lowest BCUT2D eigenvalue weighted by Crippen LogP contribution is -2.14. The van der Waals surface area contributed by atoms with Crippen molar-refractivity contribution in [2.45, 2.75) is 12.6 Å². The fraction of sp³-hybridized carbons (Fsp3) is 0.200. The van der Waals surface area contributed by atoms with E-state index in [-0.39, 0.29) is 23.3 Å². The van der Waals surface area contributed by atoms with Gasteiger partial charge in [-0.3, -0.25) is 0 Å². The smallest absolute Gasteiger partial charge is 0.240 e. The molecule has 1 unspecified atom stereocenters. The summed E-state index contributed by atoms with van der Waals surface area (Å²) in [6.07, 6.45) is 0. The molecule has 0 spiro atoms. The van der Waals surface area contributed by atoms with Gasteiger partial charge in [0.1, 0.15) is 5.82 Å². The van der Waals surface area contributed by atoms with Crippen molar-refractivity contribution in [3.8, 4) is 0 Å². The number of hydrogen-bond acceptors (Lipinski definition) is 5. The number of rotatable bonds is 3. The first-order chi connectivity index (χ1) is 8.11. The van der Waals surface area contributed by atoms with Gasteiger partial charge in [-0.15, -0.1) is 0 Å². The van der Waals surface area contributed by atoms with Crippen molar-refractivity contribution in [1.82, 2.24) is 10.1 Å². The lowest BCUT2D eigenvalue weighted by Gasteiger charge is -2.07. The van der Waals surface area contributed by atoms with E-state index in [1.807, 2.05) is 0 Å². The quantitative estimate of drug-likeness (QED) is 0.865. The van der Waals surface area contributed by atoms with Gasteiger partial charge in [0.15, 0.2) is 5.82 Å². The van der Waals surface area contributed by atoms with Gasteiger partial charge < -0.3 is 16.0 Å². The van der Waals surface area contributed by atoms with Crippen LogP contribution in [0.4, 0.5) is 4.39 Å². The van der Waals surface area contributed by atoms with Crippen molar-refractivity contribution >= 4 is 11.6 Å². The van der Waals surface area contributed by atoms with Gasteiger partial charge in [0.25, 0.3) is 0 Å². The molecule has 0 aliphatic rings. The van der Waals surface area contributed by atoms with Crippen LogP contribution in [0.25, 0.3) is 0 Å². The molecule has 2 rings (SSSR count). The van der Waals surface area contributed by atoms with Gasteiger partial charge in [-0.2, -0.15) is 4.98 Å². The van der Waals surface area contributed by atoms with Gasteiger partial charge in [0.2, 0.25) is 5.89 Å². The molecular formula is C10H10ClFN4O. The molecule has 0 amide bonds. The molecule has 0 bridgehead atoms. The Kier molecular flexibility index (Phi) is 3.37. The number of benzene rings is 1. The summed E-state index contributed by atoms with van der Waals surface area (Å²) in [5, 5.41) is 3.71. The number of halogens is 2. The maximum atomic E-state index is 13.3. The summed E-state index contributed by atoms with van der Waals surface area (Å²) in [6.45, 7) is 0.134. The molecular weight excluding hydrogens is 247 g/mol. The summed E-state index contributed by atoms with van der Waals surface area (Å²) in [6, 6.07) is 3.60. The third-order valence-electron chi connectivity index (χ3n) is 2.24. The molecule has 1 atom stereocenters. The molecule has 17 heavy (non-hydrogen) atoms. The SMILES string of the molecule is NCc1nc(C(N)c2ccc(Cl)c(F)c2)no1. The predicted molar refractivity (Wildman–Crippen MR) is 59.6 cm³/mol. The fourth-order valence-electron chi connectivity index (χ4n) is 1.33. The van der Waals surface area contributed by atoms with Crippen molar-refractivity contribution in [3.05, 3.63) is 46.3 Å². The first-order valence-corrected chi connectivity index (χ1v) is 5.22. The summed E-state index contributed by atoms with van der Waals surface area (Å²) in [5.74, 6) is -0.000724. The second-order valence-electron chi connectivity index (χ2n) is 3.40. The van der Waals surface area contributed by atoms with E-state index in [1.165, 1.54) is 12.1 Å². The summed E-state index contributed by atoms with van der Waals surface area (Å²) in [4.78, 5) is 3.97. The Morgan fingerprint density at radius 1 is 1.47 bits per heavy atom. The van der Waals surface area contributed by atoms with Crippen molar-refractivity contribution in [3.63, 3.8) is 0 Å². The second-order valence-corrected chi connectivity index (χ2v) is 3.81. The third-order valence-corrected chi connectivity index (χ3v) is 2.55. The van der Waals surface area contributed by atoms with Crippen molar-refractivity contribution < 1.29 is 8.91 Å². The summed E-state index contributed by atoms with van der Waals surface area (Å²) >= 11 is 5.58. The monoisotopic (exact) mass is 256 g/mol. The van der Waals surface area contributed by atoms with E-state index in [0.717, 1.165) is 0 Å². The largest absolute Gasteiger partial charge is 0.338 e. The Hall–Kier alpha value is -1.50. The van der Waals surface area contributed by atoms with Crippen LogP contribution in [0.15, 0.2) is 22.7 Å². The molecule has 0 aliphatic carbocycles. The highest BCUT2D eigenvalue weighted by atomic mass is 35.5. The van der Waals surface area contributed by atoms with E-state index in [2.05, 4.69) is 10.1 Å².